The van der Waals surface area contributed by atoms with Crippen molar-refractivity contribution in [2.75, 3.05) is 38.2 Å². The Bertz CT molecular complexity index is 402. The van der Waals surface area contributed by atoms with E-state index in [1.54, 1.807) is 6.07 Å². The predicted octanol–water partition coefficient (Wildman–Crippen LogP) is 2.23. The van der Waals surface area contributed by atoms with Gasteiger partial charge in [-0.25, -0.2) is 0 Å². The number of nitrogen functional groups attached to an aromatic ring is 1. The van der Waals surface area contributed by atoms with Crippen molar-refractivity contribution in [2.24, 2.45) is 0 Å². The Morgan fingerprint density at radius 2 is 2.06 bits per heavy atom. The number of ketones is 1. The first kappa shape index (κ1) is 14.5. The summed E-state index contributed by atoms with van der Waals surface area (Å²) in [5, 5.41) is 3.32. The van der Waals surface area contributed by atoms with Crippen molar-refractivity contribution in [3.05, 3.63) is 23.8 Å². The van der Waals surface area contributed by atoms with Gasteiger partial charge in [0.15, 0.2) is 5.78 Å². The Balaban J connectivity index is 2.39. The first-order valence-electron chi connectivity index (χ1n) is 6.30. The molecule has 0 aromatic heterocycles. The number of rotatable bonds is 7. The summed E-state index contributed by atoms with van der Waals surface area (Å²) in [6.45, 7) is 3.56. The second-order valence-corrected chi connectivity index (χ2v) is 4.80. The molecule has 0 aliphatic heterocycles. The third-order valence-corrected chi connectivity index (χ3v) is 2.79. The van der Waals surface area contributed by atoms with E-state index in [1.807, 2.05) is 12.1 Å². The van der Waals surface area contributed by atoms with Crippen LogP contribution in [0.4, 0.5) is 11.4 Å². The number of anilines is 2. The van der Waals surface area contributed by atoms with Crippen LogP contribution in [0.1, 0.15) is 30.1 Å². The molecule has 0 aliphatic rings. The molecule has 18 heavy (non-hydrogen) atoms. The number of hydrogen-bond acceptors (Lipinski definition) is 4. The SMILES string of the molecule is CC(=O)c1ccc(NCCCCN(C)C)cc1N. The van der Waals surface area contributed by atoms with E-state index in [4.69, 9.17) is 5.73 Å². The average Bonchev–Trinajstić information content (AvgIpc) is 2.27. The first-order chi connectivity index (χ1) is 8.50. The van der Waals surface area contributed by atoms with Crippen LogP contribution in [0.2, 0.25) is 0 Å². The highest BCUT2D eigenvalue weighted by molar-refractivity contribution is 5.99. The van der Waals surface area contributed by atoms with Gasteiger partial charge in [0.1, 0.15) is 0 Å². The lowest BCUT2D eigenvalue weighted by molar-refractivity contribution is 0.101. The molecule has 0 spiro atoms. The molecule has 3 N–H and O–H groups in total. The van der Waals surface area contributed by atoms with Gasteiger partial charge in [-0.3, -0.25) is 4.79 Å². The molecule has 1 rings (SSSR count). The predicted molar refractivity (Wildman–Crippen MR) is 77.1 cm³/mol. The number of nitrogens with zero attached hydrogens (tertiary/aromatic N) is 1. The summed E-state index contributed by atoms with van der Waals surface area (Å²) in [5.74, 6) is 0.00466. The standard InChI is InChI=1S/C14H23N3O/c1-11(18)13-7-6-12(10-14(13)15)16-8-4-5-9-17(2)3/h6-7,10,16H,4-5,8-9,15H2,1-3H3. The Labute approximate surface area is 109 Å². The van der Waals surface area contributed by atoms with Crippen LogP contribution >= 0.6 is 0 Å². The summed E-state index contributed by atoms with van der Waals surface area (Å²) in [6.07, 6.45) is 2.29. The van der Waals surface area contributed by atoms with E-state index in [0.717, 1.165) is 25.2 Å². The Hall–Kier alpha value is -1.55. The zero-order valence-corrected chi connectivity index (χ0v) is 11.5. The zero-order valence-electron chi connectivity index (χ0n) is 11.5. The van der Waals surface area contributed by atoms with Crippen LogP contribution in [-0.2, 0) is 0 Å². The molecular formula is C14H23N3O. The maximum Gasteiger partial charge on any atom is 0.161 e. The van der Waals surface area contributed by atoms with Crippen molar-refractivity contribution in [1.82, 2.24) is 4.90 Å². The maximum atomic E-state index is 11.2. The monoisotopic (exact) mass is 249 g/mol. The number of nitrogens with one attached hydrogen (secondary N) is 1. The molecule has 0 aliphatic carbocycles. The fraction of sp³-hybridized carbons (Fsp3) is 0.500. The number of unbranched alkanes of at least 4 members (excludes halogenated alkanes) is 1. The summed E-state index contributed by atoms with van der Waals surface area (Å²) in [5.41, 5.74) is 7.93. The van der Waals surface area contributed by atoms with Crippen molar-refractivity contribution in [3.63, 3.8) is 0 Å². The highest BCUT2D eigenvalue weighted by Crippen LogP contribution is 2.18. The molecule has 0 fully saturated rings. The minimum absolute atomic E-state index is 0.00466. The smallest absolute Gasteiger partial charge is 0.161 e. The number of carbonyl (C=O) groups is 1. The number of Topliss-reactive ketones (excluding diaryl/α,β-unsaturated/α-hetero) is 1. The van der Waals surface area contributed by atoms with E-state index in [9.17, 15) is 4.79 Å². The highest BCUT2D eigenvalue weighted by Gasteiger charge is 2.04. The van der Waals surface area contributed by atoms with Gasteiger partial charge in [-0.2, -0.15) is 0 Å². The van der Waals surface area contributed by atoms with E-state index < -0.39 is 0 Å². The fourth-order valence-electron chi connectivity index (χ4n) is 1.78. The number of nitrogens with two attached hydrogens (primary N) is 1. The molecule has 0 saturated carbocycles. The molecule has 1 aromatic rings. The number of carbonyl (C=O) groups excluding carboxylic acids is 1. The molecule has 4 nitrogen and oxygen atoms in total. The van der Waals surface area contributed by atoms with Gasteiger partial charge < -0.3 is 16.0 Å². The molecule has 4 heteroatoms. The van der Waals surface area contributed by atoms with Crippen LogP contribution in [0.15, 0.2) is 18.2 Å². The lowest BCUT2D eigenvalue weighted by atomic mass is 10.1. The van der Waals surface area contributed by atoms with E-state index in [2.05, 4.69) is 24.3 Å². The molecule has 1 aromatic carbocycles. The van der Waals surface area contributed by atoms with Crippen molar-refractivity contribution in [1.29, 1.82) is 0 Å². The number of benzene rings is 1. The minimum atomic E-state index is 0.00466. The van der Waals surface area contributed by atoms with Crippen molar-refractivity contribution in [3.8, 4) is 0 Å². The van der Waals surface area contributed by atoms with Gasteiger partial charge in [0.25, 0.3) is 0 Å². The van der Waals surface area contributed by atoms with E-state index in [0.29, 0.717) is 11.3 Å². The summed E-state index contributed by atoms with van der Waals surface area (Å²) in [7, 11) is 4.16. The van der Waals surface area contributed by atoms with Gasteiger partial charge in [-0.1, -0.05) is 0 Å². The van der Waals surface area contributed by atoms with Gasteiger partial charge in [0.2, 0.25) is 0 Å². The topological polar surface area (TPSA) is 58.4 Å². The summed E-state index contributed by atoms with van der Waals surface area (Å²) in [6, 6.07) is 5.50. The zero-order chi connectivity index (χ0) is 13.5. The molecule has 100 valence electrons. The van der Waals surface area contributed by atoms with Gasteiger partial charge in [-0.05, 0) is 58.6 Å². The normalized spacial score (nSPS) is 10.7. The molecule has 0 atom stereocenters. The third-order valence-electron chi connectivity index (χ3n) is 2.79. The molecule has 0 heterocycles. The Morgan fingerprint density at radius 3 is 2.61 bits per heavy atom. The van der Waals surface area contributed by atoms with E-state index >= 15 is 0 Å². The quantitative estimate of drug-likeness (QED) is 0.442. The molecule has 0 radical (unpaired) electrons. The van der Waals surface area contributed by atoms with Crippen LogP contribution in [0, 0.1) is 0 Å². The largest absolute Gasteiger partial charge is 0.398 e. The molecule has 0 bridgehead atoms. The lowest BCUT2D eigenvalue weighted by Crippen LogP contribution is -2.14. The van der Waals surface area contributed by atoms with Crippen LogP contribution < -0.4 is 11.1 Å². The summed E-state index contributed by atoms with van der Waals surface area (Å²) < 4.78 is 0. The van der Waals surface area contributed by atoms with Crippen LogP contribution in [0.25, 0.3) is 0 Å². The van der Waals surface area contributed by atoms with Gasteiger partial charge in [0.05, 0.1) is 0 Å². The molecular weight excluding hydrogens is 226 g/mol. The van der Waals surface area contributed by atoms with E-state index in [1.165, 1.54) is 13.3 Å². The van der Waals surface area contributed by atoms with Crippen molar-refractivity contribution in [2.45, 2.75) is 19.8 Å². The lowest BCUT2D eigenvalue weighted by Gasteiger charge is -2.11. The summed E-state index contributed by atoms with van der Waals surface area (Å²) >= 11 is 0. The van der Waals surface area contributed by atoms with Gasteiger partial charge in [-0.15, -0.1) is 0 Å². The second kappa shape index (κ2) is 7.01. The maximum absolute atomic E-state index is 11.2. The summed E-state index contributed by atoms with van der Waals surface area (Å²) in [4.78, 5) is 13.4. The minimum Gasteiger partial charge on any atom is -0.398 e. The van der Waals surface area contributed by atoms with Crippen molar-refractivity contribution >= 4 is 17.2 Å². The Morgan fingerprint density at radius 1 is 1.33 bits per heavy atom. The second-order valence-electron chi connectivity index (χ2n) is 4.80. The third kappa shape index (κ3) is 4.75. The van der Waals surface area contributed by atoms with Gasteiger partial charge >= 0.3 is 0 Å². The number of hydrogen-bond donors (Lipinski definition) is 2. The van der Waals surface area contributed by atoms with Crippen molar-refractivity contribution < 1.29 is 4.79 Å². The van der Waals surface area contributed by atoms with E-state index in [-0.39, 0.29) is 5.78 Å². The molecule has 0 amide bonds. The van der Waals surface area contributed by atoms with Crippen LogP contribution in [0.3, 0.4) is 0 Å². The van der Waals surface area contributed by atoms with Crippen LogP contribution in [-0.4, -0.2) is 37.9 Å². The fourth-order valence-corrected chi connectivity index (χ4v) is 1.78. The van der Waals surface area contributed by atoms with Crippen LogP contribution in [0.5, 0.6) is 0 Å². The Kier molecular flexibility index (Phi) is 5.65. The molecule has 0 unspecified atom stereocenters. The molecule has 0 saturated heterocycles. The average molecular weight is 249 g/mol. The highest BCUT2D eigenvalue weighted by atomic mass is 16.1. The first-order valence-corrected chi connectivity index (χ1v) is 6.30. The van der Waals surface area contributed by atoms with Gasteiger partial charge in [0, 0.05) is 23.5 Å².